The van der Waals surface area contributed by atoms with Gasteiger partial charge in [-0.1, -0.05) is 17.7 Å². The van der Waals surface area contributed by atoms with Crippen LogP contribution in [-0.4, -0.2) is 36.2 Å². The van der Waals surface area contributed by atoms with E-state index in [0.29, 0.717) is 23.6 Å². The average Bonchev–Trinajstić information content (AvgIpc) is 2.88. The molecular formula is C19H24N4O3. The van der Waals surface area contributed by atoms with E-state index < -0.39 is 0 Å². The number of anilines is 1. The van der Waals surface area contributed by atoms with Crippen LogP contribution in [0.5, 0.6) is 0 Å². The number of aromatic nitrogens is 1. The van der Waals surface area contributed by atoms with Gasteiger partial charge in [0.2, 0.25) is 0 Å². The first kappa shape index (κ1) is 19.2. The zero-order chi connectivity index (χ0) is 19.1. The monoisotopic (exact) mass is 356 g/mol. The molecule has 0 saturated carbocycles. The minimum absolute atomic E-state index is 0.108. The molecule has 1 aromatic carbocycles. The molecule has 0 radical (unpaired) electrons. The van der Waals surface area contributed by atoms with Crippen molar-refractivity contribution in [3.05, 3.63) is 52.3 Å². The summed E-state index contributed by atoms with van der Waals surface area (Å²) in [6.07, 6.45) is 1.48. The summed E-state index contributed by atoms with van der Waals surface area (Å²) in [6.45, 7) is 7.78. The van der Waals surface area contributed by atoms with Crippen molar-refractivity contribution in [2.75, 3.05) is 18.5 Å². The van der Waals surface area contributed by atoms with Gasteiger partial charge in [-0.3, -0.25) is 4.79 Å². The Bertz CT molecular complexity index is 807. The highest BCUT2D eigenvalue weighted by Crippen LogP contribution is 2.17. The average molecular weight is 356 g/mol. The van der Waals surface area contributed by atoms with E-state index in [1.807, 2.05) is 31.2 Å². The molecule has 1 heterocycles. The molecule has 2 aromatic rings. The van der Waals surface area contributed by atoms with Crippen molar-refractivity contribution in [1.29, 1.82) is 0 Å². The van der Waals surface area contributed by atoms with Gasteiger partial charge in [0.25, 0.3) is 5.91 Å². The Kier molecular flexibility index (Phi) is 6.54. The van der Waals surface area contributed by atoms with E-state index in [9.17, 15) is 9.59 Å². The molecule has 26 heavy (non-hydrogen) atoms. The molecule has 0 bridgehead atoms. The number of carbonyl (C=O) groups excluding carboxylic acids is 2. The molecule has 0 unspecified atom stereocenters. The fraction of sp³-hybridized carbons (Fsp3) is 0.316. The summed E-state index contributed by atoms with van der Waals surface area (Å²) in [6, 6.07) is 7.76. The van der Waals surface area contributed by atoms with Crippen molar-refractivity contribution in [2.45, 2.75) is 27.7 Å². The molecule has 7 nitrogen and oxygen atoms in total. The number of ether oxygens (including phenoxy) is 1. The van der Waals surface area contributed by atoms with E-state index in [2.05, 4.69) is 20.8 Å². The highest BCUT2D eigenvalue weighted by atomic mass is 16.5. The number of carbonyl (C=O) groups is 2. The Balaban J connectivity index is 1.91. The molecule has 1 amide bonds. The van der Waals surface area contributed by atoms with Crippen molar-refractivity contribution in [3.63, 3.8) is 0 Å². The highest BCUT2D eigenvalue weighted by molar-refractivity contribution is 5.96. The van der Waals surface area contributed by atoms with Gasteiger partial charge in [-0.25, -0.2) is 10.2 Å². The summed E-state index contributed by atoms with van der Waals surface area (Å²) in [5, 5.41) is 6.96. The molecule has 0 aliphatic heterocycles. The summed E-state index contributed by atoms with van der Waals surface area (Å²) in [7, 11) is 0. The molecule has 0 spiro atoms. The largest absolute Gasteiger partial charge is 0.462 e. The molecule has 0 fully saturated rings. The molecule has 0 aliphatic rings. The van der Waals surface area contributed by atoms with Gasteiger partial charge < -0.3 is 15.0 Å². The number of amides is 1. The van der Waals surface area contributed by atoms with E-state index >= 15 is 0 Å². The van der Waals surface area contributed by atoms with Crippen molar-refractivity contribution >= 4 is 23.8 Å². The number of nitrogens with one attached hydrogen (secondary N) is 3. The van der Waals surface area contributed by atoms with Gasteiger partial charge in [-0.15, -0.1) is 0 Å². The Hall–Kier alpha value is -3.09. The Morgan fingerprint density at radius 1 is 1.19 bits per heavy atom. The third-order valence-electron chi connectivity index (χ3n) is 3.84. The van der Waals surface area contributed by atoms with Crippen LogP contribution in [0.3, 0.4) is 0 Å². The van der Waals surface area contributed by atoms with Crippen LogP contribution >= 0.6 is 0 Å². The molecular weight excluding hydrogens is 332 g/mol. The van der Waals surface area contributed by atoms with E-state index in [0.717, 1.165) is 16.8 Å². The predicted molar refractivity (Wildman–Crippen MR) is 102 cm³/mol. The SMILES string of the molecule is CCOC(=O)c1c(C)[nH]c(/C=N/NC(=O)CNc2ccc(C)cc2)c1C. The number of aryl methyl sites for hydroxylation is 2. The van der Waals surface area contributed by atoms with E-state index in [1.165, 1.54) is 6.21 Å². The minimum Gasteiger partial charge on any atom is -0.462 e. The number of aromatic amines is 1. The maximum Gasteiger partial charge on any atom is 0.340 e. The molecule has 0 saturated heterocycles. The van der Waals surface area contributed by atoms with Crippen LogP contribution in [0, 0.1) is 20.8 Å². The first-order chi connectivity index (χ1) is 12.4. The summed E-state index contributed by atoms with van der Waals surface area (Å²) < 4.78 is 5.05. The lowest BCUT2D eigenvalue weighted by molar-refractivity contribution is -0.119. The first-order valence-corrected chi connectivity index (χ1v) is 8.41. The fourth-order valence-corrected chi connectivity index (χ4v) is 2.47. The summed E-state index contributed by atoms with van der Waals surface area (Å²) in [4.78, 5) is 26.9. The standard InChI is InChI=1S/C19H24N4O3/c1-5-26-19(25)18-13(3)16(22-14(18)4)10-21-23-17(24)11-20-15-8-6-12(2)7-9-15/h6-10,20,22H,5,11H2,1-4H3,(H,23,24)/b21-10+. The second-order valence-electron chi connectivity index (χ2n) is 5.90. The van der Waals surface area contributed by atoms with Crippen LogP contribution in [0.1, 0.15) is 39.8 Å². The highest BCUT2D eigenvalue weighted by Gasteiger charge is 2.18. The van der Waals surface area contributed by atoms with Gasteiger partial charge in [0.15, 0.2) is 0 Å². The zero-order valence-corrected chi connectivity index (χ0v) is 15.5. The Labute approximate surface area is 152 Å². The molecule has 0 aliphatic carbocycles. The van der Waals surface area contributed by atoms with Gasteiger partial charge >= 0.3 is 5.97 Å². The van der Waals surface area contributed by atoms with Crippen LogP contribution in [0.2, 0.25) is 0 Å². The van der Waals surface area contributed by atoms with E-state index in [4.69, 9.17) is 4.74 Å². The lowest BCUT2D eigenvalue weighted by atomic mass is 10.1. The Morgan fingerprint density at radius 2 is 1.88 bits per heavy atom. The van der Waals surface area contributed by atoms with E-state index in [-0.39, 0.29) is 18.4 Å². The Morgan fingerprint density at radius 3 is 2.54 bits per heavy atom. The maximum absolute atomic E-state index is 12.0. The van der Waals surface area contributed by atoms with Crippen LogP contribution in [0.4, 0.5) is 5.69 Å². The number of H-pyrrole nitrogens is 1. The third kappa shape index (κ3) is 4.95. The smallest absolute Gasteiger partial charge is 0.340 e. The van der Waals surface area contributed by atoms with Crippen molar-refractivity contribution < 1.29 is 14.3 Å². The molecule has 2 rings (SSSR count). The van der Waals surface area contributed by atoms with Crippen molar-refractivity contribution in [1.82, 2.24) is 10.4 Å². The topological polar surface area (TPSA) is 95.6 Å². The molecule has 0 atom stereocenters. The quantitative estimate of drug-likeness (QED) is 0.404. The number of nitrogens with zero attached hydrogens (tertiary/aromatic N) is 1. The number of benzene rings is 1. The lowest BCUT2D eigenvalue weighted by Crippen LogP contribution is -2.25. The molecule has 138 valence electrons. The molecule has 1 aromatic heterocycles. The number of hydrogen-bond donors (Lipinski definition) is 3. The lowest BCUT2D eigenvalue weighted by Gasteiger charge is -2.05. The first-order valence-electron chi connectivity index (χ1n) is 8.41. The van der Waals surface area contributed by atoms with Gasteiger partial charge in [-0.05, 0) is 45.4 Å². The normalized spacial score (nSPS) is 10.8. The maximum atomic E-state index is 12.0. The fourth-order valence-electron chi connectivity index (χ4n) is 2.47. The number of hydrogen-bond acceptors (Lipinski definition) is 5. The number of rotatable bonds is 7. The van der Waals surface area contributed by atoms with Crippen molar-refractivity contribution in [3.8, 4) is 0 Å². The summed E-state index contributed by atoms with van der Waals surface area (Å²) in [5.41, 5.74) is 7.06. The van der Waals surface area contributed by atoms with Crippen molar-refractivity contribution in [2.24, 2.45) is 5.10 Å². The van der Waals surface area contributed by atoms with E-state index in [1.54, 1.807) is 20.8 Å². The third-order valence-corrected chi connectivity index (χ3v) is 3.84. The summed E-state index contributed by atoms with van der Waals surface area (Å²) in [5.74, 6) is -0.641. The second-order valence-corrected chi connectivity index (χ2v) is 5.90. The van der Waals surface area contributed by atoms with Crippen LogP contribution in [0.15, 0.2) is 29.4 Å². The molecule has 7 heteroatoms. The van der Waals surface area contributed by atoms with Gasteiger partial charge in [0.1, 0.15) is 0 Å². The van der Waals surface area contributed by atoms with Crippen LogP contribution in [-0.2, 0) is 9.53 Å². The molecule has 3 N–H and O–H groups in total. The number of esters is 1. The number of hydrazone groups is 1. The van der Waals surface area contributed by atoms with Gasteiger partial charge in [0, 0.05) is 11.4 Å². The van der Waals surface area contributed by atoms with Crippen LogP contribution < -0.4 is 10.7 Å². The van der Waals surface area contributed by atoms with Gasteiger partial charge in [0.05, 0.1) is 30.6 Å². The van der Waals surface area contributed by atoms with Crippen LogP contribution in [0.25, 0.3) is 0 Å². The predicted octanol–water partition coefficient (Wildman–Crippen LogP) is 2.68. The minimum atomic E-state index is -0.371. The summed E-state index contributed by atoms with van der Waals surface area (Å²) >= 11 is 0. The van der Waals surface area contributed by atoms with Gasteiger partial charge in [-0.2, -0.15) is 5.10 Å². The second kappa shape index (κ2) is 8.84. The zero-order valence-electron chi connectivity index (χ0n) is 15.5.